The SMILES string of the molecule is CCN(CC)S(=O)(=O)c1cc(C(=O)N2CCN3C(=O)NC(=O)[C@H]3C2)ccc1Cl. The normalized spacial score (nSPS) is 19.8. The van der Waals surface area contributed by atoms with Crippen LogP contribution in [0.15, 0.2) is 23.1 Å². The highest BCUT2D eigenvalue weighted by atomic mass is 35.5. The highest BCUT2D eigenvalue weighted by molar-refractivity contribution is 7.89. The maximum absolute atomic E-state index is 12.9. The molecule has 0 spiro atoms. The van der Waals surface area contributed by atoms with Crippen LogP contribution in [0.25, 0.3) is 0 Å². The maximum atomic E-state index is 12.9. The molecular formula is C17H21ClN4O5S. The van der Waals surface area contributed by atoms with Crippen molar-refractivity contribution in [2.45, 2.75) is 24.8 Å². The fraction of sp³-hybridized carbons (Fsp3) is 0.471. The highest BCUT2D eigenvalue weighted by Crippen LogP contribution is 2.27. The molecule has 1 aromatic rings. The fourth-order valence-corrected chi connectivity index (χ4v) is 5.37. The molecule has 0 aliphatic carbocycles. The second-order valence-corrected chi connectivity index (χ2v) is 8.80. The van der Waals surface area contributed by atoms with Crippen molar-refractivity contribution in [2.24, 2.45) is 0 Å². The molecule has 2 aliphatic heterocycles. The summed E-state index contributed by atoms with van der Waals surface area (Å²) in [6.45, 7) is 4.52. The Hall–Kier alpha value is -2.17. The summed E-state index contributed by atoms with van der Waals surface area (Å²) in [7, 11) is -3.84. The molecular weight excluding hydrogens is 408 g/mol. The molecule has 2 fully saturated rings. The van der Waals surface area contributed by atoms with Crippen molar-refractivity contribution in [1.29, 1.82) is 0 Å². The fourth-order valence-electron chi connectivity index (χ4n) is 3.41. The number of imide groups is 1. The van der Waals surface area contributed by atoms with Gasteiger partial charge in [0.2, 0.25) is 10.0 Å². The van der Waals surface area contributed by atoms with E-state index in [0.717, 1.165) is 0 Å². The first-order valence-corrected chi connectivity index (χ1v) is 10.7. The van der Waals surface area contributed by atoms with Gasteiger partial charge in [0.1, 0.15) is 10.9 Å². The number of piperazine rings is 1. The first kappa shape index (κ1) is 20.6. The van der Waals surface area contributed by atoms with E-state index < -0.39 is 33.9 Å². The van der Waals surface area contributed by atoms with Crippen molar-refractivity contribution in [3.63, 3.8) is 0 Å². The van der Waals surface area contributed by atoms with Crippen LogP contribution in [0.1, 0.15) is 24.2 Å². The molecule has 0 bridgehead atoms. The van der Waals surface area contributed by atoms with Crippen LogP contribution in [0, 0.1) is 0 Å². The van der Waals surface area contributed by atoms with Crippen LogP contribution >= 0.6 is 11.6 Å². The van der Waals surface area contributed by atoms with Crippen molar-refractivity contribution in [3.05, 3.63) is 28.8 Å². The Morgan fingerprint density at radius 2 is 1.93 bits per heavy atom. The Morgan fingerprint density at radius 3 is 2.57 bits per heavy atom. The van der Waals surface area contributed by atoms with E-state index in [-0.39, 0.29) is 48.2 Å². The van der Waals surface area contributed by atoms with Crippen molar-refractivity contribution in [2.75, 3.05) is 32.7 Å². The van der Waals surface area contributed by atoms with E-state index in [4.69, 9.17) is 11.6 Å². The van der Waals surface area contributed by atoms with Gasteiger partial charge in [-0.3, -0.25) is 14.9 Å². The number of hydrogen-bond donors (Lipinski definition) is 1. The number of urea groups is 1. The third-order valence-electron chi connectivity index (χ3n) is 4.96. The zero-order chi connectivity index (χ0) is 20.6. The van der Waals surface area contributed by atoms with Gasteiger partial charge in [-0.05, 0) is 18.2 Å². The average molecular weight is 429 g/mol. The van der Waals surface area contributed by atoms with Crippen molar-refractivity contribution in [3.8, 4) is 0 Å². The van der Waals surface area contributed by atoms with Gasteiger partial charge in [0.15, 0.2) is 0 Å². The number of nitrogens with zero attached hydrogens (tertiary/aromatic N) is 3. The van der Waals surface area contributed by atoms with Crippen LogP contribution < -0.4 is 5.32 Å². The van der Waals surface area contributed by atoms with E-state index >= 15 is 0 Å². The molecule has 0 unspecified atom stereocenters. The molecule has 1 N–H and O–H groups in total. The van der Waals surface area contributed by atoms with E-state index in [1.54, 1.807) is 13.8 Å². The standard InChI is InChI=1S/C17H21ClN4O5S/c1-3-21(4-2)28(26,27)14-9-11(5-6-12(14)18)16(24)20-7-8-22-13(10-20)15(23)19-17(22)25/h5-6,9,13H,3-4,7-8,10H2,1-2H3,(H,19,23,25)/t13-/m1/s1. The number of carbonyl (C=O) groups is 3. The molecule has 9 nitrogen and oxygen atoms in total. The first-order valence-electron chi connectivity index (χ1n) is 8.91. The monoisotopic (exact) mass is 428 g/mol. The summed E-state index contributed by atoms with van der Waals surface area (Å²) >= 11 is 6.11. The topological polar surface area (TPSA) is 107 Å². The van der Waals surface area contributed by atoms with Gasteiger partial charge in [0.25, 0.3) is 11.8 Å². The minimum absolute atomic E-state index is 0.0361. The number of halogens is 1. The molecule has 1 aromatic carbocycles. The van der Waals surface area contributed by atoms with Gasteiger partial charge in [-0.15, -0.1) is 0 Å². The predicted octanol–water partition coefficient (Wildman–Crippen LogP) is 0.747. The van der Waals surface area contributed by atoms with Crippen molar-refractivity contribution < 1.29 is 22.8 Å². The lowest BCUT2D eigenvalue weighted by atomic mass is 10.1. The lowest BCUT2D eigenvalue weighted by molar-refractivity contribution is -0.122. The van der Waals surface area contributed by atoms with Crippen LogP contribution in [0.4, 0.5) is 4.79 Å². The van der Waals surface area contributed by atoms with E-state index in [1.165, 1.54) is 32.3 Å². The zero-order valence-corrected chi connectivity index (χ0v) is 17.1. The summed E-state index contributed by atoms with van der Waals surface area (Å²) in [6.07, 6.45) is 0. The molecule has 3 rings (SSSR count). The van der Waals surface area contributed by atoms with Gasteiger partial charge >= 0.3 is 6.03 Å². The predicted molar refractivity (Wildman–Crippen MR) is 101 cm³/mol. The molecule has 2 saturated heterocycles. The summed E-state index contributed by atoms with van der Waals surface area (Å²) in [6, 6.07) is 2.92. The Kier molecular flexibility index (Phi) is 5.64. The molecule has 0 radical (unpaired) electrons. The molecule has 4 amide bonds. The largest absolute Gasteiger partial charge is 0.334 e. The lowest BCUT2D eigenvalue weighted by Gasteiger charge is -2.35. The van der Waals surface area contributed by atoms with Gasteiger partial charge in [-0.25, -0.2) is 13.2 Å². The van der Waals surface area contributed by atoms with E-state index in [2.05, 4.69) is 5.32 Å². The number of fused-ring (bicyclic) bond motifs is 1. The number of benzene rings is 1. The molecule has 0 aromatic heterocycles. The second kappa shape index (κ2) is 7.69. The van der Waals surface area contributed by atoms with Gasteiger partial charge in [0.05, 0.1) is 11.6 Å². The number of carbonyl (C=O) groups excluding carboxylic acids is 3. The van der Waals surface area contributed by atoms with Gasteiger partial charge < -0.3 is 9.80 Å². The Morgan fingerprint density at radius 1 is 1.25 bits per heavy atom. The van der Waals surface area contributed by atoms with Crippen molar-refractivity contribution in [1.82, 2.24) is 19.4 Å². The minimum Gasteiger partial charge on any atom is -0.334 e. The number of rotatable bonds is 5. The smallest absolute Gasteiger partial charge is 0.324 e. The molecule has 1 atom stereocenters. The summed E-state index contributed by atoms with van der Waals surface area (Å²) in [5.74, 6) is -0.858. The van der Waals surface area contributed by atoms with Crippen LogP contribution in [0.3, 0.4) is 0 Å². The third-order valence-corrected chi connectivity index (χ3v) is 7.49. The summed E-state index contributed by atoms with van der Waals surface area (Å²) < 4.78 is 26.9. The lowest BCUT2D eigenvalue weighted by Crippen LogP contribution is -2.54. The van der Waals surface area contributed by atoms with Gasteiger partial charge in [-0.2, -0.15) is 4.31 Å². The molecule has 152 valence electrons. The second-order valence-electron chi connectivity index (χ2n) is 6.49. The van der Waals surface area contributed by atoms with Crippen LogP contribution in [0.5, 0.6) is 0 Å². The number of sulfonamides is 1. The maximum Gasteiger partial charge on any atom is 0.324 e. The highest BCUT2D eigenvalue weighted by Gasteiger charge is 2.43. The van der Waals surface area contributed by atoms with Gasteiger partial charge in [-0.1, -0.05) is 25.4 Å². The summed E-state index contributed by atoms with van der Waals surface area (Å²) in [5.41, 5.74) is 0.160. The van der Waals surface area contributed by atoms with Crippen molar-refractivity contribution >= 4 is 39.5 Å². The Bertz CT molecular complexity index is 931. The molecule has 2 aliphatic rings. The molecule has 28 heavy (non-hydrogen) atoms. The Labute approximate surface area is 168 Å². The third kappa shape index (κ3) is 3.47. The Balaban J connectivity index is 1.88. The quantitative estimate of drug-likeness (QED) is 0.696. The first-order chi connectivity index (χ1) is 13.2. The van der Waals surface area contributed by atoms with Gasteiger partial charge in [0, 0.05) is 31.7 Å². The van der Waals surface area contributed by atoms with Crippen LogP contribution in [-0.4, -0.2) is 79.1 Å². The van der Waals surface area contributed by atoms with E-state index in [1.807, 2.05) is 0 Å². The number of amides is 4. The van der Waals surface area contributed by atoms with E-state index in [9.17, 15) is 22.8 Å². The van der Waals surface area contributed by atoms with Crippen LogP contribution in [-0.2, 0) is 14.8 Å². The minimum atomic E-state index is -3.84. The average Bonchev–Trinajstić information content (AvgIpc) is 2.95. The molecule has 11 heteroatoms. The summed E-state index contributed by atoms with van der Waals surface area (Å²) in [5, 5.41) is 2.26. The van der Waals surface area contributed by atoms with E-state index in [0.29, 0.717) is 0 Å². The number of hydrogen-bond acceptors (Lipinski definition) is 5. The van der Waals surface area contributed by atoms with Crippen LogP contribution in [0.2, 0.25) is 5.02 Å². The molecule has 2 heterocycles. The zero-order valence-electron chi connectivity index (χ0n) is 15.5. The summed E-state index contributed by atoms with van der Waals surface area (Å²) in [4.78, 5) is 39.2. The number of nitrogens with one attached hydrogen (secondary N) is 1. The molecule has 0 saturated carbocycles.